The van der Waals surface area contributed by atoms with E-state index in [4.69, 9.17) is 0 Å². The van der Waals surface area contributed by atoms with Crippen molar-refractivity contribution < 1.29 is 4.79 Å². The molecule has 0 atom stereocenters. The largest absolute Gasteiger partial charge is 0.353 e. The molecule has 0 unspecified atom stereocenters. The number of rotatable bonds is 5. The van der Waals surface area contributed by atoms with Crippen molar-refractivity contribution in [1.82, 2.24) is 15.3 Å². The summed E-state index contributed by atoms with van der Waals surface area (Å²) >= 11 is 1.26. The predicted octanol–water partition coefficient (Wildman–Crippen LogP) is 2.59. The molecule has 120 valence electrons. The van der Waals surface area contributed by atoms with Gasteiger partial charge in [-0.1, -0.05) is 54.9 Å². The number of carbonyl (C=O) groups is 1. The van der Waals surface area contributed by atoms with Gasteiger partial charge in [0.25, 0.3) is 5.56 Å². The molecular formula is C17H19N3O2S. The van der Waals surface area contributed by atoms with Crippen molar-refractivity contribution in [3.8, 4) is 11.3 Å². The smallest absolute Gasteiger partial charge is 0.252 e. The van der Waals surface area contributed by atoms with Gasteiger partial charge in [-0.3, -0.25) is 9.59 Å². The highest BCUT2D eigenvalue weighted by Crippen LogP contribution is 2.20. The minimum Gasteiger partial charge on any atom is -0.353 e. The molecule has 0 spiro atoms. The van der Waals surface area contributed by atoms with Gasteiger partial charge in [-0.2, -0.15) is 0 Å². The third-order valence-corrected chi connectivity index (χ3v) is 4.72. The van der Waals surface area contributed by atoms with Crippen molar-refractivity contribution in [2.24, 2.45) is 0 Å². The fourth-order valence-electron chi connectivity index (χ4n) is 2.73. The second-order valence-corrected chi connectivity index (χ2v) is 6.60. The second kappa shape index (κ2) is 7.46. The van der Waals surface area contributed by atoms with Crippen molar-refractivity contribution in [3.05, 3.63) is 46.8 Å². The highest BCUT2D eigenvalue weighted by atomic mass is 32.2. The number of aromatic amines is 1. The van der Waals surface area contributed by atoms with Gasteiger partial charge in [0, 0.05) is 17.7 Å². The third-order valence-electron chi connectivity index (χ3n) is 3.85. The van der Waals surface area contributed by atoms with Crippen molar-refractivity contribution in [2.45, 2.75) is 36.9 Å². The van der Waals surface area contributed by atoms with E-state index in [2.05, 4.69) is 15.3 Å². The first-order valence-electron chi connectivity index (χ1n) is 7.80. The lowest BCUT2D eigenvalue weighted by molar-refractivity contribution is -0.119. The number of nitrogens with zero attached hydrogens (tertiary/aromatic N) is 1. The van der Waals surface area contributed by atoms with Crippen LogP contribution in [0.3, 0.4) is 0 Å². The molecule has 1 amide bonds. The first-order valence-corrected chi connectivity index (χ1v) is 8.78. The van der Waals surface area contributed by atoms with Crippen molar-refractivity contribution in [1.29, 1.82) is 0 Å². The summed E-state index contributed by atoms with van der Waals surface area (Å²) in [4.78, 5) is 30.9. The molecule has 1 fully saturated rings. The predicted molar refractivity (Wildman–Crippen MR) is 91.4 cm³/mol. The molecule has 0 radical (unpaired) electrons. The number of aromatic nitrogens is 2. The Hall–Kier alpha value is -2.08. The molecule has 6 heteroatoms. The van der Waals surface area contributed by atoms with E-state index in [1.165, 1.54) is 30.7 Å². The second-order valence-electron chi connectivity index (χ2n) is 5.64. The molecule has 0 saturated heterocycles. The molecule has 0 bridgehead atoms. The number of amides is 1. The SMILES string of the molecule is O=C(CSc1nc(-c2ccccc2)cc(=O)[nH]1)NC1CCCC1. The van der Waals surface area contributed by atoms with Gasteiger partial charge in [0.15, 0.2) is 5.16 Å². The van der Waals surface area contributed by atoms with Gasteiger partial charge >= 0.3 is 0 Å². The van der Waals surface area contributed by atoms with Crippen LogP contribution in [0.1, 0.15) is 25.7 Å². The number of H-pyrrole nitrogens is 1. The molecule has 1 saturated carbocycles. The maximum Gasteiger partial charge on any atom is 0.252 e. The Balaban J connectivity index is 1.65. The van der Waals surface area contributed by atoms with Crippen molar-refractivity contribution >= 4 is 17.7 Å². The fraction of sp³-hybridized carbons (Fsp3) is 0.353. The Bertz CT molecular complexity index is 724. The molecule has 23 heavy (non-hydrogen) atoms. The molecule has 1 heterocycles. The quantitative estimate of drug-likeness (QED) is 0.653. The molecule has 0 aliphatic heterocycles. The van der Waals surface area contributed by atoms with Crippen LogP contribution in [0.4, 0.5) is 0 Å². The van der Waals surface area contributed by atoms with Crippen LogP contribution in [-0.4, -0.2) is 27.7 Å². The maximum atomic E-state index is 12.0. The number of carbonyl (C=O) groups excluding carboxylic acids is 1. The summed E-state index contributed by atoms with van der Waals surface area (Å²) in [6.45, 7) is 0. The van der Waals surface area contributed by atoms with E-state index in [1.54, 1.807) is 0 Å². The molecule has 2 aromatic rings. The average Bonchev–Trinajstić information content (AvgIpc) is 3.06. The molecule has 2 N–H and O–H groups in total. The minimum absolute atomic E-state index is 0.00494. The van der Waals surface area contributed by atoms with E-state index in [9.17, 15) is 9.59 Å². The lowest BCUT2D eigenvalue weighted by Crippen LogP contribution is -2.33. The lowest BCUT2D eigenvalue weighted by atomic mass is 10.1. The van der Waals surface area contributed by atoms with Gasteiger partial charge in [0.1, 0.15) is 0 Å². The molecule has 3 rings (SSSR count). The monoisotopic (exact) mass is 329 g/mol. The normalized spacial score (nSPS) is 14.8. The standard InChI is InChI=1S/C17H19N3O2S/c21-15-10-14(12-6-2-1-3-7-12)19-17(20-15)23-11-16(22)18-13-8-4-5-9-13/h1-3,6-7,10,13H,4-5,8-9,11H2,(H,18,22)(H,19,20,21). The fourth-order valence-corrected chi connectivity index (χ4v) is 3.42. The Morgan fingerprint density at radius 2 is 2.00 bits per heavy atom. The highest BCUT2D eigenvalue weighted by molar-refractivity contribution is 7.99. The van der Waals surface area contributed by atoms with Crippen LogP contribution in [0, 0.1) is 0 Å². The Morgan fingerprint density at radius 1 is 1.26 bits per heavy atom. The van der Waals surface area contributed by atoms with Crippen LogP contribution in [0.15, 0.2) is 46.3 Å². The van der Waals surface area contributed by atoms with E-state index in [0.29, 0.717) is 16.9 Å². The van der Waals surface area contributed by atoms with Gasteiger partial charge in [-0.05, 0) is 12.8 Å². The van der Waals surface area contributed by atoms with Crippen LogP contribution in [0.2, 0.25) is 0 Å². The van der Waals surface area contributed by atoms with Gasteiger partial charge in [-0.25, -0.2) is 4.98 Å². The molecule has 1 aliphatic carbocycles. The average molecular weight is 329 g/mol. The number of hydrogen-bond donors (Lipinski definition) is 2. The molecular weight excluding hydrogens is 310 g/mol. The zero-order valence-corrected chi connectivity index (χ0v) is 13.6. The van der Waals surface area contributed by atoms with Crippen LogP contribution in [-0.2, 0) is 4.79 Å². The maximum absolute atomic E-state index is 12.0. The van der Waals surface area contributed by atoms with E-state index in [0.717, 1.165) is 18.4 Å². The Morgan fingerprint density at radius 3 is 2.74 bits per heavy atom. The van der Waals surface area contributed by atoms with Gasteiger partial charge in [0.05, 0.1) is 11.4 Å². The molecule has 1 aromatic carbocycles. The van der Waals surface area contributed by atoms with Gasteiger partial charge in [-0.15, -0.1) is 0 Å². The highest BCUT2D eigenvalue weighted by Gasteiger charge is 2.17. The van der Waals surface area contributed by atoms with E-state index < -0.39 is 0 Å². The first kappa shape index (κ1) is 15.8. The number of thioether (sulfide) groups is 1. The van der Waals surface area contributed by atoms with Crippen LogP contribution < -0.4 is 10.9 Å². The first-order chi connectivity index (χ1) is 11.2. The summed E-state index contributed by atoms with van der Waals surface area (Å²) in [5.41, 5.74) is 1.29. The summed E-state index contributed by atoms with van der Waals surface area (Å²) in [5, 5.41) is 3.50. The van der Waals surface area contributed by atoms with Crippen molar-refractivity contribution in [3.63, 3.8) is 0 Å². The molecule has 5 nitrogen and oxygen atoms in total. The minimum atomic E-state index is -0.211. The van der Waals surface area contributed by atoms with Gasteiger partial charge in [0.2, 0.25) is 5.91 Å². The zero-order chi connectivity index (χ0) is 16.1. The van der Waals surface area contributed by atoms with E-state index in [-0.39, 0.29) is 17.2 Å². The summed E-state index contributed by atoms with van der Waals surface area (Å²) in [5.74, 6) is 0.257. The zero-order valence-electron chi connectivity index (χ0n) is 12.7. The van der Waals surface area contributed by atoms with Crippen LogP contribution >= 0.6 is 11.8 Å². The molecule has 1 aliphatic rings. The number of nitrogens with one attached hydrogen (secondary N) is 2. The summed E-state index contributed by atoms with van der Waals surface area (Å²) in [6, 6.07) is 11.3. The van der Waals surface area contributed by atoms with Crippen LogP contribution in [0.25, 0.3) is 11.3 Å². The van der Waals surface area contributed by atoms with E-state index >= 15 is 0 Å². The van der Waals surface area contributed by atoms with Crippen LogP contribution in [0.5, 0.6) is 0 Å². The van der Waals surface area contributed by atoms with Crippen molar-refractivity contribution in [2.75, 3.05) is 5.75 Å². The Labute approximate surface area is 138 Å². The third kappa shape index (κ3) is 4.45. The van der Waals surface area contributed by atoms with Gasteiger partial charge < -0.3 is 10.3 Å². The number of benzene rings is 1. The summed E-state index contributed by atoms with van der Waals surface area (Å²) < 4.78 is 0. The molecule has 1 aromatic heterocycles. The topological polar surface area (TPSA) is 74.8 Å². The summed E-state index contributed by atoms with van der Waals surface area (Å²) in [7, 11) is 0. The lowest BCUT2D eigenvalue weighted by Gasteiger charge is -2.11. The number of hydrogen-bond acceptors (Lipinski definition) is 4. The Kier molecular flexibility index (Phi) is 5.12. The van der Waals surface area contributed by atoms with E-state index in [1.807, 2.05) is 30.3 Å². The summed E-state index contributed by atoms with van der Waals surface area (Å²) in [6.07, 6.45) is 4.50.